The van der Waals surface area contributed by atoms with Crippen LogP contribution in [-0.4, -0.2) is 32.7 Å². The molecule has 32 heavy (non-hydrogen) atoms. The molecular formula is C23H22ClN3O5. The van der Waals surface area contributed by atoms with Crippen molar-refractivity contribution in [2.24, 2.45) is 17.8 Å². The molecule has 2 aliphatic rings. The molecular weight excluding hydrogens is 434 g/mol. The van der Waals surface area contributed by atoms with Gasteiger partial charge in [0.2, 0.25) is 0 Å². The fraction of sp³-hybridized carbons (Fsp3) is 0.348. The summed E-state index contributed by atoms with van der Waals surface area (Å²) in [7, 11) is 0. The van der Waals surface area contributed by atoms with Crippen LogP contribution in [0.25, 0.3) is 0 Å². The predicted octanol–water partition coefficient (Wildman–Crippen LogP) is 4.23. The minimum atomic E-state index is -0.604. The van der Waals surface area contributed by atoms with Gasteiger partial charge < -0.3 is 0 Å². The molecule has 1 aliphatic carbocycles. The summed E-state index contributed by atoms with van der Waals surface area (Å²) in [5.74, 6) is -2.08. The van der Waals surface area contributed by atoms with Crippen LogP contribution in [0.3, 0.4) is 0 Å². The van der Waals surface area contributed by atoms with Crippen LogP contribution in [0.15, 0.2) is 48.5 Å². The van der Waals surface area contributed by atoms with Gasteiger partial charge in [-0.15, -0.1) is 0 Å². The maximum absolute atomic E-state index is 13.5. The molecule has 8 nitrogen and oxygen atoms in total. The molecule has 2 aromatic carbocycles. The number of carbonyl (C=O) groups excluding carboxylic acids is 3. The fourth-order valence-electron chi connectivity index (χ4n) is 4.57. The number of benzene rings is 2. The molecule has 3 amide bonds. The molecule has 0 N–H and O–H groups in total. The largest absolute Gasteiger partial charge is 0.274 e. The third-order valence-electron chi connectivity index (χ3n) is 6.24. The molecule has 1 saturated carbocycles. The number of halogens is 1. The van der Waals surface area contributed by atoms with Gasteiger partial charge in [0.1, 0.15) is 0 Å². The highest BCUT2D eigenvalue weighted by atomic mass is 35.5. The molecule has 1 saturated heterocycles. The Morgan fingerprint density at radius 2 is 1.75 bits per heavy atom. The van der Waals surface area contributed by atoms with Gasteiger partial charge in [0.25, 0.3) is 23.4 Å². The number of nitro benzene ring substituents is 1. The molecule has 0 spiro atoms. The minimum absolute atomic E-state index is 0.188. The van der Waals surface area contributed by atoms with E-state index in [9.17, 15) is 24.5 Å². The molecule has 4 rings (SSSR count). The van der Waals surface area contributed by atoms with E-state index in [1.54, 1.807) is 6.07 Å². The quantitative estimate of drug-likeness (QED) is 0.381. The maximum Gasteiger partial charge on any atom is 0.274 e. The zero-order valence-corrected chi connectivity index (χ0v) is 18.2. The van der Waals surface area contributed by atoms with Crippen LogP contribution < -0.4 is 0 Å². The molecule has 2 aromatic rings. The summed E-state index contributed by atoms with van der Waals surface area (Å²) in [5.41, 5.74) is 0.256. The highest BCUT2D eigenvalue weighted by Gasteiger charge is 2.52. The van der Waals surface area contributed by atoms with Crippen LogP contribution in [0.5, 0.6) is 0 Å². The molecule has 166 valence electrons. The number of nitro groups is 1. The molecule has 0 aromatic heterocycles. The van der Waals surface area contributed by atoms with Crippen molar-refractivity contribution in [3.63, 3.8) is 0 Å². The average molecular weight is 456 g/mol. The summed E-state index contributed by atoms with van der Waals surface area (Å²) in [5, 5.41) is 13.9. The Kier molecular flexibility index (Phi) is 5.97. The molecule has 3 atom stereocenters. The SMILES string of the molecule is C[C@@H]1CC[C@H]2C(=O)N(N(Cc3ccccc3[N+](=O)[O-])C(=O)c3ccc(Cl)cc3)C(=O)[C@H]2C1. The van der Waals surface area contributed by atoms with E-state index in [1.165, 1.54) is 42.5 Å². The number of amides is 3. The lowest BCUT2D eigenvalue weighted by Gasteiger charge is -2.30. The van der Waals surface area contributed by atoms with Crippen LogP contribution in [0.4, 0.5) is 5.69 Å². The van der Waals surface area contributed by atoms with Crippen molar-refractivity contribution in [2.75, 3.05) is 0 Å². The first-order valence-electron chi connectivity index (χ1n) is 10.5. The lowest BCUT2D eigenvalue weighted by molar-refractivity contribution is -0.385. The topological polar surface area (TPSA) is 101 Å². The highest BCUT2D eigenvalue weighted by Crippen LogP contribution is 2.41. The van der Waals surface area contributed by atoms with Crippen molar-refractivity contribution in [2.45, 2.75) is 32.7 Å². The van der Waals surface area contributed by atoms with Crippen LogP contribution >= 0.6 is 11.6 Å². The number of para-hydroxylation sites is 1. The van der Waals surface area contributed by atoms with Gasteiger partial charge in [-0.05, 0) is 49.4 Å². The molecule has 1 heterocycles. The Hall–Kier alpha value is -3.26. The van der Waals surface area contributed by atoms with Crippen molar-refractivity contribution >= 4 is 35.0 Å². The summed E-state index contributed by atoms with van der Waals surface area (Å²) in [6.07, 6.45) is 2.00. The van der Waals surface area contributed by atoms with E-state index in [4.69, 9.17) is 11.6 Å². The summed E-state index contributed by atoms with van der Waals surface area (Å²) in [4.78, 5) is 51.0. The first kappa shape index (κ1) is 22.0. The van der Waals surface area contributed by atoms with E-state index in [1.807, 2.05) is 6.92 Å². The Bertz CT molecular complexity index is 1090. The van der Waals surface area contributed by atoms with E-state index in [0.29, 0.717) is 23.8 Å². The summed E-state index contributed by atoms with van der Waals surface area (Å²) in [6.45, 7) is 1.76. The number of hydrazine groups is 1. The predicted molar refractivity (Wildman–Crippen MR) is 116 cm³/mol. The van der Waals surface area contributed by atoms with Gasteiger partial charge >= 0.3 is 0 Å². The second-order valence-corrected chi connectivity index (χ2v) is 8.81. The Balaban J connectivity index is 1.75. The minimum Gasteiger partial charge on any atom is -0.272 e. The van der Waals surface area contributed by atoms with Crippen LogP contribution in [-0.2, 0) is 16.1 Å². The third-order valence-corrected chi connectivity index (χ3v) is 6.49. The van der Waals surface area contributed by atoms with Crippen molar-refractivity contribution in [1.82, 2.24) is 10.0 Å². The van der Waals surface area contributed by atoms with Crippen molar-refractivity contribution in [1.29, 1.82) is 0 Å². The van der Waals surface area contributed by atoms with Gasteiger partial charge in [0.05, 0.1) is 28.9 Å². The normalized spacial score (nSPS) is 22.6. The summed E-state index contributed by atoms with van der Waals surface area (Å²) < 4.78 is 0. The lowest BCUT2D eigenvalue weighted by Crippen LogP contribution is -2.49. The number of rotatable bonds is 5. The van der Waals surface area contributed by atoms with Gasteiger partial charge in [-0.3, -0.25) is 24.5 Å². The third kappa shape index (κ3) is 3.98. The molecule has 2 fully saturated rings. The fourth-order valence-corrected chi connectivity index (χ4v) is 4.69. The van der Waals surface area contributed by atoms with Crippen molar-refractivity contribution in [3.05, 3.63) is 74.8 Å². The Morgan fingerprint density at radius 1 is 1.09 bits per heavy atom. The van der Waals surface area contributed by atoms with Crippen LogP contribution in [0, 0.1) is 27.9 Å². The molecule has 9 heteroatoms. The zero-order chi connectivity index (χ0) is 23.0. The zero-order valence-electron chi connectivity index (χ0n) is 17.4. The van der Waals surface area contributed by atoms with Gasteiger partial charge in [-0.2, -0.15) is 5.01 Å². The van der Waals surface area contributed by atoms with E-state index in [2.05, 4.69) is 0 Å². The second kappa shape index (κ2) is 8.70. The standard InChI is InChI=1S/C23H22ClN3O5/c1-14-6-11-18-19(12-14)23(30)26(22(18)29)25(21(28)15-7-9-17(24)10-8-15)13-16-4-2-3-5-20(16)27(31)32/h2-5,7-10,14,18-19H,6,11-13H2,1H3/t14-,18-,19+/m1/s1. The van der Waals surface area contributed by atoms with Gasteiger partial charge in [-0.1, -0.05) is 36.7 Å². The number of nitrogens with zero attached hydrogens (tertiary/aromatic N) is 3. The second-order valence-electron chi connectivity index (χ2n) is 8.38. The molecule has 0 bridgehead atoms. The average Bonchev–Trinajstić information content (AvgIpc) is 3.01. The van der Waals surface area contributed by atoms with Gasteiger partial charge in [-0.25, -0.2) is 5.01 Å². The monoisotopic (exact) mass is 455 g/mol. The number of carbonyl (C=O) groups is 3. The molecule has 0 unspecified atom stereocenters. The summed E-state index contributed by atoms with van der Waals surface area (Å²) >= 11 is 5.93. The number of hydrogen-bond acceptors (Lipinski definition) is 5. The molecule has 1 aliphatic heterocycles. The van der Waals surface area contributed by atoms with Crippen LogP contribution in [0.2, 0.25) is 5.02 Å². The molecule has 0 radical (unpaired) electrons. The van der Waals surface area contributed by atoms with E-state index in [-0.39, 0.29) is 23.4 Å². The van der Waals surface area contributed by atoms with Crippen molar-refractivity contribution in [3.8, 4) is 0 Å². The number of fused-ring (bicyclic) bond motifs is 1. The number of imide groups is 1. The van der Waals surface area contributed by atoms with E-state index in [0.717, 1.165) is 16.4 Å². The Morgan fingerprint density at radius 3 is 2.44 bits per heavy atom. The first-order valence-corrected chi connectivity index (χ1v) is 10.8. The smallest absolute Gasteiger partial charge is 0.272 e. The summed E-state index contributed by atoms with van der Waals surface area (Å²) in [6, 6.07) is 12.0. The van der Waals surface area contributed by atoms with Crippen molar-refractivity contribution < 1.29 is 19.3 Å². The lowest BCUT2D eigenvalue weighted by atomic mass is 9.76. The maximum atomic E-state index is 13.5. The van der Waals surface area contributed by atoms with E-state index < -0.39 is 34.5 Å². The highest BCUT2D eigenvalue weighted by molar-refractivity contribution is 6.30. The van der Waals surface area contributed by atoms with E-state index >= 15 is 0 Å². The first-order chi connectivity index (χ1) is 15.3. The number of hydrogen-bond donors (Lipinski definition) is 0. The van der Waals surface area contributed by atoms with Gasteiger partial charge in [0, 0.05) is 16.7 Å². The van der Waals surface area contributed by atoms with Gasteiger partial charge in [0.15, 0.2) is 0 Å². The Labute approximate surface area is 189 Å². The van der Waals surface area contributed by atoms with Crippen LogP contribution in [0.1, 0.15) is 42.1 Å².